The van der Waals surface area contributed by atoms with Gasteiger partial charge in [-0.15, -0.1) is 0 Å². The van der Waals surface area contributed by atoms with Crippen molar-refractivity contribution < 1.29 is 80.2 Å². The predicted molar refractivity (Wildman–Crippen MR) is 235 cm³/mol. The van der Waals surface area contributed by atoms with E-state index < -0.39 is 95.3 Å². The van der Waals surface area contributed by atoms with Crippen molar-refractivity contribution in [2.24, 2.45) is 0 Å². The van der Waals surface area contributed by atoms with E-state index in [9.17, 15) is 61.3 Å². The number of aromatic nitrogens is 8. The van der Waals surface area contributed by atoms with Gasteiger partial charge in [0, 0.05) is 36.1 Å². The molecule has 0 aliphatic carbocycles. The molecule has 4 aromatic heterocycles. The molecule has 9 atom stereocenters. The fourth-order valence-electron chi connectivity index (χ4n) is 5.97. The minimum Gasteiger partial charge on any atom is -0.756 e. The molecule has 0 amide bonds. The monoisotopic (exact) mass is 1050 g/mol. The smallest absolute Gasteiger partial charge is 0.389 e. The molecule has 4 aromatic rings. The third kappa shape index (κ3) is 15.8. The number of aliphatic hydroxyl groups is 5. The summed E-state index contributed by atoms with van der Waals surface area (Å²) in [5, 5.41) is 56.6. The molecule has 0 aromatic carbocycles. The number of aliphatic hydroxyl groups excluding tert-OH is 5. The first-order valence-corrected chi connectivity index (χ1v) is 25.1. The second-order valence-electron chi connectivity index (χ2n) is 13.7. The Morgan fingerprint density at radius 3 is 1.50 bits per heavy atom. The second kappa shape index (κ2) is 25.4. The maximum absolute atomic E-state index is 12.6. The van der Waals surface area contributed by atoms with Gasteiger partial charge in [0.05, 0.1) is 38.7 Å². The van der Waals surface area contributed by atoms with E-state index in [2.05, 4.69) is 45.1 Å². The summed E-state index contributed by atoms with van der Waals surface area (Å²) in [6, 6.07) is 0. The van der Waals surface area contributed by atoms with Crippen LogP contribution < -0.4 is 15.5 Å². The third-order valence-corrected chi connectivity index (χ3v) is 12.4. The quantitative estimate of drug-likeness (QED) is 0.0207. The highest BCUT2D eigenvalue weighted by Gasteiger charge is 2.46. The highest BCUT2D eigenvalue weighted by atomic mass is 32.2. The first kappa shape index (κ1) is 57.8. The highest BCUT2D eigenvalue weighted by Crippen LogP contribution is 2.38. The van der Waals surface area contributed by atoms with E-state index >= 15 is 0 Å². The molecule has 2 aliphatic heterocycles. The molecule has 0 saturated carbocycles. The first-order chi connectivity index (χ1) is 30.1. The standard InChI is InChI=1S/C16H23F3N5O7PS2.C16H22F3N5O4S2.2CH4/c1-33-5-3-20-12-9-13(23-15(22-12)34-4-2-16(17,18)19)24(7-21-9)14-11(26)10(25)8(31-14)6-30-32(27,28)29;1-29-5-3-20-12-9-13(23-15(22-12)30-4-2-16(17,18)19)24(7-21-9)14-11(27)10(26)8(6-25)28-14;;/h7-8,10-11,14,25-26H,2-6H2,1H3,(H,20,22,23)(H2,27,28,29);7-8,10-11,14,25-27H,2-6H2,1H3,(H,20,22,23);2*1H4/p-1/t2*8-,10-,11-,14-;;/m11../s1. The third-order valence-electron chi connectivity index (χ3n) is 9.04. The number of phosphoric acid groups is 1. The number of nitrogens with one attached hydrogen (secondary N) is 2. The first-order valence-electron chi connectivity index (χ1n) is 18.8. The molecule has 21 nitrogen and oxygen atoms in total. The number of fused-ring (bicyclic) bond motifs is 2. The summed E-state index contributed by atoms with van der Waals surface area (Å²) < 4.78 is 104. The van der Waals surface area contributed by atoms with Crippen LogP contribution in [0.5, 0.6) is 0 Å². The van der Waals surface area contributed by atoms with E-state index in [-0.39, 0.29) is 59.3 Å². The molecule has 32 heteroatoms. The summed E-state index contributed by atoms with van der Waals surface area (Å²) in [6.07, 6.45) is -14.6. The molecule has 2 saturated heterocycles. The van der Waals surface area contributed by atoms with Gasteiger partial charge in [-0.3, -0.25) is 13.7 Å². The van der Waals surface area contributed by atoms with Gasteiger partial charge >= 0.3 is 12.4 Å². The summed E-state index contributed by atoms with van der Waals surface area (Å²) in [4.78, 5) is 45.2. The number of phosphoric ester groups is 1. The van der Waals surface area contributed by atoms with E-state index in [0.29, 0.717) is 24.4 Å². The molecule has 8 N–H and O–H groups in total. The molecule has 66 heavy (non-hydrogen) atoms. The van der Waals surface area contributed by atoms with Crippen LogP contribution in [0.25, 0.3) is 22.3 Å². The summed E-state index contributed by atoms with van der Waals surface area (Å²) in [6.45, 7) is -0.200. The molecule has 376 valence electrons. The van der Waals surface area contributed by atoms with Crippen molar-refractivity contribution in [3.8, 4) is 0 Å². The lowest BCUT2D eigenvalue weighted by Crippen LogP contribution is -2.34. The molecule has 1 unspecified atom stereocenters. The van der Waals surface area contributed by atoms with Crippen LogP contribution in [-0.2, 0) is 18.6 Å². The molecular weight excluding hydrogens is 998 g/mol. The highest BCUT2D eigenvalue weighted by molar-refractivity contribution is 7.99. The fraction of sp³-hybridized carbons (Fsp3) is 0.706. The Bertz CT molecular complexity index is 2180. The normalized spacial score (nSPS) is 24.1. The number of halogens is 6. The van der Waals surface area contributed by atoms with Crippen molar-refractivity contribution in [3.05, 3.63) is 12.7 Å². The number of alkyl halides is 6. The van der Waals surface area contributed by atoms with E-state index in [1.165, 1.54) is 21.8 Å². The van der Waals surface area contributed by atoms with E-state index in [4.69, 9.17) is 14.4 Å². The Morgan fingerprint density at radius 1 is 0.727 bits per heavy atom. The number of imidazole rings is 2. The Labute approximate surface area is 391 Å². The lowest BCUT2D eigenvalue weighted by molar-refractivity contribution is -0.223. The van der Waals surface area contributed by atoms with Gasteiger partial charge in [-0.25, -0.2) is 29.9 Å². The van der Waals surface area contributed by atoms with Gasteiger partial charge in [0.1, 0.15) is 36.6 Å². The van der Waals surface area contributed by atoms with Gasteiger partial charge in [-0.2, -0.15) is 49.9 Å². The molecule has 6 rings (SSSR count). The van der Waals surface area contributed by atoms with Crippen LogP contribution >= 0.6 is 54.9 Å². The van der Waals surface area contributed by atoms with Gasteiger partial charge < -0.3 is 60.0 Å². The van der Waals surface area contributed by atoms with Crippen molar-refractivity contribution >= 4 is 88.8 Å². The van der Waals surface area contributed by atoms with Gasteiger partial charge in [0.25, 0.3) is 7.82 Å². The maximum Gasteiger partial charge on any atom is 0.389 e. The minimum absolute atomic E-state index is 0. The lowest BCUT2D eigenvalue weighted by atomic mass is 10.1. The van der Waals surface area contributed by atoms with Crippen LogP contribution in [0, 0.1) is 0 Å². The van der Waals surface area contributed by atoms with Gasteiger partial charge in [-0.05, 0) is 12.5 Å². The van der Waals surface area contributed by atoms with Crippen molar-refractivity contribution in [3.63, 3.8) is 0 Å². The lowest BCUT2D eigenvalue weighted by Gasteiger charge is -2.20. The zero-order valence-electron chi connectivity index (χ0n) is 33.5. The Kier molecular flexibility index (Phi) is 22.2. The van der Waals surface area contributed by atoms with Crippen LogP contribution in [0.3, 0.4) is 0 Å². The van der Waals surface area contributed by atoms with Crippen LogP contribution in [-0.4, -0.2) is 180 Å². The molecule has 2 fully saturated rings. The van der Waals surface area contributed by atoms with Gasteiger partial charge in [0.2, 0.25) is 0 Å². The summed E-state index contributed by atoms with van der Waals surface area (Å²) in [5.74, 6) is 1.56. The summed E-state index contributed by atoms with van der Waals surface area (Å²) >= 11 is 4.82. The molecule has 0 spiro atoms. The largest absolute Gasteiger partial charge is 0.756 e. The zero-order chi connectivity index (χ0) is 47.0. The molecule has 6 heterocycles. The number of nitrogens with zero attached hydrogens (tertiary/aromatic N) is 8. The SMILES string of the molecule is C.C.CSCCNc1nc(SCCC(F)(F)F)nc2c1ncn2[C@@H]1O[C@H](CO)[C@@H](O)[C@H]1O.CSCCNc1nc(SCCC(F)(F)F)nc2c1ncn2[C@@H]1O[C@H](COP(=O)([O-])O)[C@@H](O)[C@H]1O. The maximum atomic E-state index is 12.6. The number of hydrogen-bond donors (Lipinski definition) is 8. The van der Waals surface area contributed by atoms with E-state index in [1.54, 1.807) is 23.5 Å². The number of thioether (sulfide) groups is 4. The fourth-order valence-corrected chi connectivity index (χ4v) is 8.57. The number of rotatable bonds is 20. The number of anilines is 2. The Morgan fingerprint density at radius 2 is 1.14 bits per heavy atom. The van der Waals surface area contributed by atoms with Gasteiger partial charge in [-0.1, -0.05) is 38.4 Å². The summed E-state index contributed by atoms with van der Waals surface area (Å²) in [5.41, 5.74) is 0.964. The van der Waals surface area contributed by atoms with Crippen LogP contribution in [0.4, 0.5) is 38.0 Å². The van der Waals surface area contributed by atoms with Crippen LogP contribution in [0.2, 0.25) is 0 Å². The molecule has 0 radical (unpaired) electrons. The molecule has 0 bridgehead atoms. The Balaban J connectivity index is 0.000000342. The van der Waals surface area contributed by atoms with E-state index in [0.717, 1.165) is 35.0 Å². The molecular formula is C34H52F6N10O11PS4-. The van der Waals surface area contributed by atoms with Crippen molar-refractivity contribution in [2.45, 2.75) is 99.4 Å². The predicted octanol–water partition coefficient (Wildman–Crippen LogP) is 3.27. The van der Waals surface area contributed by atoms with Crippen molar-refractivity contribution in [2.75, 3.05) is 72.5 Å². The zero-order valence-corrected chi connectivity index (χ0v) is 37.7. The minimum atomic E-state index is -5.09. The number of ether oxygens (including phenoxy) is 2. The number of hydrogen-bond acceptors (Lipinski definition) is 22. The second-order valence-corrected chi connectivity index (χ2v) is 19.0. The Hall–Kier alpha value is -2.49. The summed E-state index contributed by atoms with van der Waals surface area (Å²) in [7, 11) is -5.09. The van der Waals surface area contributed by atoms with Crippen LogP contribution in [0.1, 0.15) is 40.2 Å². The van der Waals surface area contributed by atoms with Crippen LogP contribution in [0.15, 0.2) is 23.0 Å². The topological polar surface area (TPSA) is 300 Å². The average Bonchev–Trinajstić information content (AvgIpc) is 3.97. The average molecular weight is 1050 g/mol. The van der Waals surface area contributed by atoms with Gasteiger partial charge in [0.15, 0.2) is 56.7 Å². The molecule has 2 aliphatic rings. The van der Waals surface area contributed by atoms with Crippen molar-refractivity contribution in [1.29, 1.82) is 0 Å². The van der Waals surface area contributed by atoms with E-state index in [1.807, 2.05) is 12.5 Å². The van der Waals surface area contributed by atoms with Crippen molar-refractivity contribution in [1.82, 2.24) is 39.0 Å².